The topological polar surface area (TPSA) is 61.4 Å². The van der Waals surface area contributed by atoms with Crippen LogP contribution in [-0.2, 0) is 4.57 Å². The molecule has 0 radical (unpaired) electrons. The Morgan fingerprint density at radius 1 is 1.45 bits per heavy atom. The number of likely N-dealkylation sites (N-methyl/N-ethyl adjacent to an activating group) is 1. The smallest absolute Gasteiger partial charge is 0.269 e. The van der Waals surface area contributed by atoms with Crippen molar-refractivity contribution in [3.8, 4) is 0 Å². The van der Waals surface area contributed by atoms with E-state index in [1.165, 1.54) is 0 Å². The minimum absolute atomic E-state index is 0.209. The van der Waals surface area contributed by atoms with E-state index in [-0.39, 0.29) is 5.66 Å². The molecule has 0 rings (SSSR count). The standard InChI is InChI=1S/C6H17N2O2P/c1-6(2)11(9,10)8-5-4-7-3/h6-7H,4-5H2,1-3H3,(H2,8,9,10). The van der Waals surface area contributed by atoms with Crippen LogP contribution in [0.5, 0.6) is 0 Å². The van der Waals surface area contributed by atoms with Crippen LogP contribution in [-0.4, -0.2) is 30.7 Å². The SMILES string of the molecule is CNCCNP(=O)(O)C(C)C. The third-order valence-corrected chi connectivity index (χ3v) is 3.49. The second-order valence-electron chi connectivity index (χ2n) is 2.73. The van der Waals surface area contributed by atoms with Crippen molar-refractivity contribution >= 4 is 7.52 Å². The van der Waals surface area contributed by atoms with Crippen LogP contribution in [0.15, 0.2) is 0 Å². The summed E-state index contributed by atoms with van der Waals surface area (Å²) >= 11 is 0. The number of hydrogen-bond donors (Lipinski definition) is 3. The summed E-state index contributed by atoms with van der Waals surface area (Å²) in [5.74, 6) is 0. The number of nitrogens with one attached hydrogen (secondary N) is 2. The molecule has 0 aromatic rings. The van der Waals surface area contributed by atoms with Crippen molar-refractivity contribution in [2.45, 2.75) is 19.5 Å². The Hall–Kier alpha value is 0.110. The predicted molar refractivity (Wildman–Crippen MR) is 46.9 cm³/mol. The van der Waals surface area contributed by atoms with Crippen molar-refractivity contribution in [1.82, 2.24) is 10.4 Å². The molecular weight excluding hydrogens is 163 g/mol. The summed E-state index contributed by atoms with van der Waals surface area (Å²) < 4.78 is 11.2. The minimum Gasteiger partial charge on any atom is -0.333 e. The van der Waals surface area contributed by atoms with E-state index >= 15 is 0 Å². The first-order chi connectivity index (χ1) is 5.00. The summed E-state index contributed by atoms with van der Waals surface area (Å²) in [6, 6.07) is 0. The van der Waals surface area contributed by atoms with Crippen LogP contribution >= 0.6 is 7.52 Å². The van der Waals surface area contributed by atoms with Crippen molar-refractivity contribution < 1.29 is 9.46 Å². The Labute approximate surface area is 67.9 Å². The molecule has 68 valence electrons. The average molecular weight is 180 g/mol. The maximum Gasteiger partial charge on any atom is 0.269 e. The first-order valence-electron chi connectivity index (χ1n) is 3.73. The third kappa shape index (κ3) is 4.53. The summed E-state index contributed by atoms with van der Waals surface area (Å²) in [4.78, 5) is 9.24. The fourth-order valence-electron chi connectivity index (χ4n) is 0.524. The summed E-state index contributed by atoms with van der Waals surface area (Å²) in [5, 5.41) is 5.49. The average Bonchev–Trinajstić information content (AvgIpc) is 1.88. The van der Waals surface area contributed by atoms with E-state index in [0.717, 1.165) is 0 Å². The minimum atomic E-state index is -3.08. The van der Waals surface area contributed by atoms with Crippen LogP contribution in [0.1, 0.15) is 13.8 Å². The molecular formula is C6H17N2O2P. The summed E-state index contributed by atoms with van der Waals surface area (Å²) in [6.45, 7) is 4.69. The molecule has 0 aliphatic heterocycles. The highest BCUT2D eigenvalue weighted by molar-refractivity contribution is 7.56. The van der Waals surface area contributed by atoms with Crippen molar-refractivity contribution in [2.75, 3.05) is 20.1 Å². The molecule has 0 aromatic carbocycles. The quantitative estimate of drug-likeness (QED) is 0.423. The maximum atomic E-state index is 11.2. The van der Waals surface area contributed by atoms with Crippen LogP contribution < -0.4 is 10.4 Å². The van der Waals surface area contributed by atoms with E-state index in [1.807, 2.05) is 0 Å². The summed E-state index contributed by atoms with van der Waals surface area (Å²) in [5.41, 5.74) is -0.209. The van der Waals surface area contributed by atoms with Gasteiger partial charge in [0.2, 0.25) is 0 Å². The zero-order valence-corrected chi connectivity index (χ0v) is 8.19. The monoisotopic (exact) mass is 180 g/mol. The lowest BCUT2D eigenvalue weighted by Gasteiger charge is -2.15. The van der Waals surface area contributed by atoms with Crippen LogP contribution in [0.3, 0.4) is 0 Å². The summed E-state index contributed by atoms with van der Waals surface area (Å²) in [6.07, 6.45) is 0. The van der Waals surface area contributed by atoms with Gasteiger partial charge in [-0.1, -0.05) is 13.8 Å². The van der Waals surface area contributed by atoms with Gasteiger partial charge in [0.25, 0.3) is 7.52 Å². The molecule has 1 unspecified atom stereocenters. The molecule has 3 N–H and O–H groups in total. The van der Waals surface area contributed by atoms with Gasteiger partial charge < -0.3 is 10.2 Å². The van der Waals surface area contributed by atoms with Crippen LogP contribution in [0.2, 0.25) is 0 Å². The van der Waals surface area contributed by atoms with E-state index in [2.05, 4.69) is 10.4 Å². The highest BCUT2D eigenvalue weighted by Gasteiger charge is 2.21. The molecule has 0 heterocycles. The normalized spacial score (nSPS) is 16.8. The van der Waals surface area contributed by atoms with Gasteiger partial charge in [0.05, 0.1) is 0 Å². The fraction of sp³-hybridized carbons (Fsp3) is 1.00. The second-order valence-corrected chi connectivity index (χ2v) is 5.32. The van der Waals surface area contributed by atoms with Gasteiger partial charge in [-0.05, 0) is 7.05 Å². The zero-order chi connectivity index (χ0) is 8.91. The highest BCUT2D eigenvalue weighted by Crippen LogP contribution is 2.40. The van der Waals surface area contributed by atoms with Crippen molar-refractivity contribution in [3.05, 3.63) is 0 Å². The maximum absolute atomic E-state index is 11.2. The Morgan fingerprint density at radius 2 is 2.00 bits per heavy atom. The lowest BCUT2D eigenvalue weighted by Crippen LogP contribution is -2.25. The predicted octanol–water partition coefficient (Wildman–Crippen LogP) is 0.389. The molecule has 0 saturated carbocycles. The molecule has 5 heteroatoms. The first-order valence-corrected chi connectivity index (χ1v) is 5.45. The van der Waals surface area contributed by atoms with Gasteiger partial charge in [0.15, 0.2) is 0 Å². The third-order valence-electron chi connectivity index (χ3n) is 1.41. The first kappa shape index (κ1) is 11.1. The highest BCUT2D eigenvalue weighted by atomic mass is 31.2. The van der Waals surface area contributed by atoms with Gasteiger partial charge in [-0.3, -0.25) is 4.57 Å². The Morgan fingerprint density at radius 3 is 2.36 bits per heavy atom. The Kier molecular flexibility index (Phi) is 4.93. The van der Waals surface area contributed by atoms with Gasteiger partial charge in [-0.25, -0.2) is 5.09 Å². The van der Waals surface area contributed by atoms with Gasteiger partial charge in [0, 0.05) is 18.7 Å². The Bertz CT molecular complexity index is 150. The Balaban J connectivity index is 3.65. The van der Waals surface area contributed by atoms with Crippen LogP contribution in [0.4, 0.5) is 0 Å². The molecule has 0 bridgehead atoms. The van der Waals surface area contributed by atoms with Gasteiger partial charge in [-0.15, -0.1) is 0 Å². The van der Waals surface area contributed by atoms with Crippen LogP contribution in [0, 0.1) is 0 Å². The van der Waals surface area contributed by atoms with Crippen molar-refractivity contribution in [2.24, 2.45) is 0 Å². The van der Waals surface area contributed by atoms with E-state index < -0.39 is 7.52 Å². The molecule has 11 heavy (non-hydrogen) atoms. The molecule has 1 atom stereocenters. The molecule has 0 fully saturated rings. The molecule has 0 aliphatic carbocycles. The lowest BCUT2D eigenvalue weighted by atomic mass is 10.6. The molecule has 0 aliphatic rings. The van der Waals surface area contributed by atoms with Crippen molar-refractivity contribution in [1.29, 1.82) is 0 Å². The molecule has 4 nitrogen and oxygen atoms in total. The van der Waals surface area contributed by atoms with Crippen LogP contribution in [0.25, 0.3) is 0 Å². The second kappa shape index (κ2) is 4.88. The van der Waals surface area contributed by atoms with Gasteiger partial charge >= 0.3 is 0 Å². The molecule has 0 saturated heterocycles. The van der Waals surface area contributed by atoms with E-state index in [9.17, 15) is 9.46 Å². The number of hydrogen-bond acceptors (Lipinski definition) is 2. The van der Waals surface area contributed by atoms with E-state index in [4.69, 9.17) is 0 Å². The van der Waals surface area contributed by atoms with Gasteiger partial charge in [0.1, 0.15) is 0 Å². The lowest BCUT2D eigenvalue weighted by molar-refractivity contribution is 0.452. The van der Waals surface area contributed by atoms with Crippen molar-refractivity contribution in [3.63, 3.8) is 0 Å². The number of rotatable bonds is 5. The molecule has 0 amide bonds. The van der Waals surface area contributed by atoms with Gasteiger partial charge in [-0.2, -0.15) is 0 Å². The van der Waals surface area contributed by atoms with E-state index in [0.29, 0.717) is 13.1 Å². The fourth-order valence-corrected chi connectivity index (χ4v) is 1.32. The largest absolute Gasteiger partial charge is 0.333 e. The van der Waals surface area contributed by atoms with E-state index in [1.54, 1.807) is 20.9 Å². The summed E-state index contributed by atoms with van der Waals surface area (Å²) in [7, 11) is -1.28. The molecule has 0 aromatic heterocycles. The zero-order valence-electron chi connectivity index (χ0n) is 7.29. The molecule has 0 spiro atoms.